The highest BCUT2D eigenvalue weighted by Gasteiger charge is 2.26. The van der Waals surface area contributed by atoms with Gasteiger partial charge in [-0.2, -0.15) is 5.26 Å². The number of rotatable bonds is 2. The van der Waals surface area contributed by atoms with Gasteiger partial charge in [-0.25, -0.2) is 0 Å². The van der Waals surface area contributed by atoms with Crippen LogP contribution in [0.25, 0.3) is 10.9 Å². The molecule has 1 aliphatic heterocycles. The van der Waals surface area contributed by atoms with Crippen LogP contribution in [0.3, 0.4) is 0 Å². The summed E-state index contributed by atoms with van der Waals surface area (Å²) in [5.74, 6) is 0.0310. The number of aromatic nitrogens is 1. The molecule has 1 aromatic carbocycles. The van der Waals surface area contributed by atoms with Gasteiger partial charge in [-0.3, -0.25) is 4.79 Å². The van der Waals surface area contributed by atoms with E-state index >= 15 is 0 Å². The van der Waals surface area contributed by atoms with E-state index in [9.17, 15) is 4.79 Å². The smallest absolute Gasteiger partial charge is 0.193 e. The maximum atomic E-state index is 12.3. The maximum absolute atomic E-state index is 12.3. The quantitative estimate of drug-likeness (QED) is 0.820. The lowest BCUT2D eigenvalue weighted by atomic mass is 10.0. The summed E-state index contributed by atoms with van der Waals surface area (Å²) >= 11 is 0. The second-order valence-electron chi connectivity index (χ2n) is 4.44. The third-order valence-electron chi connectivity index (χ3n) is 3.30. The Morgan fingerprint density at radius 3 is 3.11 bits per heavy atom. The van der Waals surface area contributed by atoms with Crippen molar-refractivity contribution in [3.05, 3.63) is 35.5 Å². The first-order chi connectivity index (χ1) is 8.79. The van der Waals surface area contributed by atoms with Gasteiger partial charge >= 0.3 is 0 Å². The van der Waals surface area contributed by atoms with Gasteiger partial charge in [0.2, 0.25) is 0 Å². The number of carbonyl (C=O) groups is 1. The molecule has 0 aliphatic carbocycles. The molecule has 1 N–H and O–H groups in total. The van der Waals surface area contributed by atoms with Crippen LogP contribution < -0.4 is 0 Å². The van der Waals surface area contributed by atoms with E-state index in [1.165, 1.54) is 0 Å². The highest BCUT2D eigenvalue weighted by atomic mass is 16.5. The van der Waals surface area contributed by atoms with Gasteiger partial charge in [-0.1, -0.05) is 6.07 Å². The number of Topliss-reactive ketones (excluding diaryl/α,β-unsaturated/α-hetero) is 1. The molecule has 1 saturated heterocycles. The lowest BCUT2D eigenvalue weighted by Gasteiger charge is -2.06. The molecule has 0 amide bonds. The van der Waals surface area contributed by atoms with Gasteiger partial charge in [-0.05, 0) is 25.0 Å². The molecule has 1 aliphatic rings. The van der Waals surface area contributed by atoms with E-state index < -0.39 is 0 Å². The van der Waals surface area contributed by atoms with Crippen molar-refractivity contribution in [2.24, 2.45) is 0 Å². The van der Waals surface area contributed by atoms with E-state index in [1.54, 1.807) is 18.3 Å². The number of benzene rings is 1. The summed E-state index contributed by atoms with van der Waals surface area (Å²) < 4.78 is 5.42. The molecule has 2 heterocycles. The summed E-state index contributed by atoms with van der Waals surface area (Å²) in [6.45, 7) is 0.664. The Morgan fingerprint density at radius 1 is 1.50 bits per heavy atom. The van der Waals surface area contributed by atoms with E-state index in [0.717, 1.165) is 23.7 Å². The molecule has 18 heavy (non-hydrogen) atoms. The van der Waals surface area contributed by atoms with Crippen LogP contribution in [0.2, 0.25) is 0 Å². The molecule has 90 valence electrons. The average molecular weight is 240 g/mol. The van der Waals surface area contributed by atoms with Crippen LogP contribution in [0.1, 0.15) is 28.8 Å². The molecule has 1 unspecified atom stereocenters. The Kier molecular flexibility index (Phi) is 2.62. The van der Waals surface area contributed by atoms with Crippen LogP contribution in [-0.4, -0.2) is 23.5 Å². The predicted octanol–water partition coefficient (Wildman–Crippen LogP) is 2.40. The van der Waals surface area contributed by atoms with E-state index in [2.05, 4.69) is 11.1 Å². The molecule has 0 bridgehead atoms. The Labute approximate surface area is 104 Å². The minimum Gasteiger partial charge on any atom is -0.370 e. The molecule has 2 aromatic rings. The number of H-pyrrole nitrogens is 1. The fourth-order valence-electron chi connectivity index (χ4n) is 2.36. The first-order valence-electron chi connectivity index (χ1n) is 5.96. The van der Waals surface area contributed by atoms with Crippen LogP contribution in [0, 0.1) is 11.3 Å². The maximum Gasteiger partial charge on any atom is 0.193 e. The fraction of sp³-hybridized carbons (Fsp3) is 0.286. The van der Waals surface area contributed by atoms with Crippen molar-refractivity contribution in [1.82, 2.24) is 4.98 Å². The second kappa shape index (κ2) is 4.28. The zero-order valence-corrected chi connectivity index (χ0v) is 9.77. The zero-order valence-electron chi connectivity index (χ0n) is 9.77. The number of aromatic amines is 1. The molecule has 0 radical (unpaired) electrons. The van der Waals surface area contributed by atoms with Crippen molar-refractivity contribution in [2.45, 2.75) is 18.9 Å². The number of hydrogen-bond donors (Lipinski definition) is 1. The number of ether oxygens (including phenoxy) is 1. The van der Waals surface area contributed by atoms with Gasteiger partial charge in [-0.15, -0.1) is 0 Å². The van der Waals surface area contributed by atoms with Crippen molar-refractivity contribution in [3.8, 4) is 6.07 Å². The second-order valence-corrected chi connectivity index (χ2v) is 4.44. The van der Waals surface area contributed by atoms with Crippen molar-refractivity contribution >= 4 is 16.7 Å². The molecule has 4 nitrogen and oxygen atoms in total. The largest absolute Gasteiger partial charge is 0.370 e. The molecule has 1 aromatic heterocycles. The van der Waals surface area contributed by atoms with Crippen LogP contribution in [0.4, 0.5) is 0 Å². The summed E-state index contributed by atoms with van der Waals surface area (Å²) in [6.07, 6.45) is 3.13. The first kappa shape index (κ1) is 11.0. The van der Waals surface area contributed by atoms with E-state index in [0.29, 0.717) is 17.7 Å². The summed E-state index contributed by atoms with van der Waals surface area (Å²) in [5, 5.41) is 9.69. The molecule has 0 spiro atoms. The average Bonchev–Trinajstić information content (AvgIpc) is 3.06. The molecule has 1 atom stereocenters. The van der Waals surface area contributed by atoms with E-state index in [4.69, 9.17) is 10.00 Å². The minimum atomic E-state index is -0.306. The highest BCUT2D eigenvalue weighted by Crippen LogP contribution is 2.24. The molecule has 3 rings (SSSR count). The third-order valence-corrected chi connectivity index (χ3v) is 3.30. The van der Waals surface area contributed by atoms with Crippen LogP contribution in [-0.2, 0) is 4.74 Å². The number of nitriles is 1. The van der Waals surface area contributed by atoms with Gasteiger partial charge in [0.05, 0.1) is 11.6 Å². The fourth-order valence-corrected chi connectivity index (χ4v) is 2.36. The number of fused-ring (bicyclic) bond motifs is 1. The third kappa shape index (κ3) is 1.69. The van der Waals surface area contributed by atoms with Crippen molar-refractivity contribution in [2.75, 3.05) is 6.61 Å². The van der Waals surface area contributed by atoms with Gasteiger partial charge in [0.1, 0.15) is 6.10 Å². The first-order valence-corrected chi connectivity index (χ1v) is 5.96. The standard InChI is InChI=1S/C14H12N2O2/c15-7-9-3-4-10-11(8-16-12(10)6-9)14(17)13-2-1-5-18-13/h3-4,6,8,13,16H,1-2,5H2. The Morgan fingerprint density at radius 2 is 2.39 bits per heavy atom. The van der Waals surface area contributed by atoms with E-state index in [1.807, 2.05) is 6.07 Å². The van der Waals surface area contributed by atoms with Crippen molar-refractivity contribution in [3.63, 3.8) is 0 Å². The number of carbonyl (C=O) groups excluding carboxylic acids is 1. The van der Waals surface area contributed by atoms with Crippen molar-refractivity contribution < 1.29 is 9.53 Å². The summed E-state index contributed by atoms with van der Waals surface area (Å²) in [5.41, 5.74) is 2.05. The SMILES string of the molecule is N#Cc1ccc2c(C(=O)C3CCCO3)c[nH]c2c1. The summed E-state index contributed by atoms with van der Waals surface area (Å²) in [6, 6.07) is 7.37. The topological polar surface area (TPSA) is 65.9 Å². The normalized spacial score (nSPS) is 18.9. The van der Waals surface area contributed by atoms with Gasteiger partial charge < -0.3 is 9.72 Å². The number of ketones is 1. The summed E-state index contributed by atoms with van der Waals surface area (Å²) in [4.78, 5) is 15.3. The highest BCUT2D eigenvalue weighted by molar-refractivity contribution is 6.10. The number of nitrogens with zero attached hydrogens (tertiary/aromatic N) is 1. The monoisotopic (exact) mass is 240 g/mol. The van der Waals surface area contributed by atoms with Gasteiger partial charge in [0, 0.05) is 29.3 Å². The summed E-state index contributed by atoms with van der Waals surface area (Å²) in [7, 11) is 0. The van der Waals surface area contributed by atoms with Crippen LogP contribution >= 0.6 is 0 Å². The molecular weight excluding hydrogens is 228 g/mol. The number of nitrogens with one attached hydrogen (secondary N) is 1. The molecular formula is C14H12N2O2. The van der Waals surface area contributed by atoms with Crippen LogP contribution in [0.5, 0.6) is 0 Å². The van der Waals surface area contributed by atoms with E-state index in [-0.39, 0.29) is 11.9 Å². The lowest BCUT2D eigenvalue weighted by molar-refractivity contribution is 0.0644. The van der Waals surface area contributed by atoms with Gasteiger partial charge in [0.25, 0.3) is 0 Å². The lowest BCUT2D eigenvalue weighted by Crippen LogP contribution is -2.18. The Balaban J connectivity index is 2.02. The Bertz CT molecular complexity index is 645. The predicted molar refractivity (Wildman–Crippen MR) is 66.3 cm³/mol. The molecule has 1 fully saturated rings. The van der Waals surface area contributed by atoms with Gasteiger partial charge in [0.15, 0.2) is 5.78 Å². The van der Waals surface area contributed by atoms with Crippen LogP contribution in [0.15, 0.2) is 24.4 Å². The number of hydrogen-bond acceptors (Lipinski definition) is 3. The molecule has 0 saturated carbocycles. The Hall–Kier alpha value is -2.12. The molecule has 4 heteroatoms. The zero-order chi connectivity index (χ0) is 12.5. The van der Waals surface area contributed by atoms with Crippen molar-refractivity contribution in [1.29, 1.82) is 5.26 Å². The minimum absolute atomic E-state index is 0.0310.